The molecule has 1 aliphatic rings. The molecule has 6 nitrogen and oxygen atoms in total. The number of anilines is 2. The van der Waals surface area contributed by atoms with Crippen LogP contribution in [0.15, 0.2) is 42.5 Å². The normalized spacial score (nSPS) is 14.5. The zero-order chi connectivity index (χ0) is 16.9. The summed E-state index contributed by atoms with van der Waals surface area (Å²) in [4.78, 5) is 20.4. The number of amides is 1. The monoisotopic (exact) mass is 326 g/mol. The standard InChI is InChI=1S/C18H22N4O2/c1-2-24-18(23)22-12-10-21(11-13-22)17-15(19)8-9-16(20-17)14-6-4-3-5-7-14/h3-9H,2,10-13,19H2,1H3. The van der Waals surface area contributed by atoms with Gasteiger partial charge in [-0.2, -0.15) is 0 Å². The second-order valence-corrected chi connectivity index (χ2v) is 5.65. The van der Waals surface area contributed by atoms with Gasteiger partial charge in [0.1, 0.15) is 0 Å². The minimum atomic E-state index is -0.254. The van der Waals surface area contributed by atoms with E-state index < -0.39 is 0 Å². The summed E-state index contributed by atoms with van der Waals surface area (Å²) in [6.07, 6.45) is -0.254. The largest absolute Gasteiger partial charge is 0.450 e. The fourth-order valence-corrected chi connectivity index (χ4v) is 2.80. The first kappa shape index (κ1) is 16.1. The highest BCUT2D eigenvalue weighted by atomic mass is 16.6. The van der Waals surface area contributed by atoms with Gasteiger partial charge in [0.2, 0.25) is 0 Å². The highest BCUT2D eigenvalue weighted by Gasteiger charge is 2.24. The topological polar surface area (TPSA) is 71.7 Å². The summed E-state index contributed by atoms with van der Waals surface area (Å²) in [6.45, 7) is 4.80. The highest BCUT2D eigenvalue weighted by molar-refractivity contribution is 5.71. The summed E-state index contributed by atoms with van der Waals surface area (Å²) in [5.41, 5.74) is 8.74. The van der Waals surface area contributed by atoms with Gasteiger partial charge in [0.25, 0.3) is 0 Å². The van der Waals surface area contributed by atoms with Crippen molar-refractivity contribution < 1.29 is 9.53 Å². The Balaban J connectivity index is 1.75. The van der Waals surface area contributed by atoms with Crippen LogP contribution in [0.3, 0.4) is 0 Å². The molecule has 2 aromatic rings. The van der Waals surface area contributed by atoms with Crippen molar-refractivity contribution in [2.75, 3.05) is 43.4 Å². The summed E-state index contributed by atoms with van der Waals surface area (Å²) < 4.78 is 5.05. The van der Waals surface area contributed by atoms with Crippen molar-refractivity contribution >= 4 is 17.6 Å². The van der Waals surface area contributed by atoms with Crippen LogP contribution in [0.5, 0.6) is 0 Å². The molecule has 0 bridgehead atoms. The maximum absolute atomic E-state index is 11.8. The molecular formula is C18H22N4O2. The van der Waals surface area contributed by atoms with Crippen LogP contribution in [0.2, 0.25) is 0 Å². The number of nitrogens with two attached hydrogens (primary N) is 1. The predicted octanol–water partition coefficient (Wildman–Crippen LogP) is 2.61. The van der Waals surface area contributed by atoms with Crippen LogP contribution in [-0.2, 0) is 4.74 Å². The number of hydrogen-bond acceptors (Lipinski definition) is 5. The molecule has 1 aliphatic heterocycles. The Bertz CT molecular complexity index is 697. The van der Waals surface area contributed by atoms with Crippen LogP contribution < -0.4 is 10.6 Å². The molecule has 2 heterocycles. The predicted molar refractivity (Wildman–Crippen MR) is 94.9 cm³/mol. The molecule has 0 saturated carbocycles. The van der Waals surface area contributed by atoms with E-state index in [0.29, 0.717) is 38.5 Å². The van der Waals surface area contributed by atoms with Crippen LogP contribution in [0.1, 0.15) is 6.92 Å². The van der Waals surface area contributed by atoms with Crippen molar-refractivity contribution in [2.24, 2.45) is 0 Å². The van der Waals surface area contributed by atoms with Gasteiger partial charge in [-0.1, -0.05) is 30.3 Å². The number of hydrogen-bond donors (Lipinski definition) is 1. The molecule has 1 saturated heterocycles. The molecule has 3 rings (SSSR count). The van der Waals surface area contributed by atoms with Crippen molar-refractivity contribution in [2.45, 2.75) is 6.92 Å². The molecular weight excluding hydrogens is 304 g/mol. The molecule has 126 valence electrons. The maximum Gasteiger partial charge on any atom is 0.409 e. The van der Waals surface area contributed by atoms with Gasteiger partial charge in [-0.25, -0.2) is 9.78 Å². The minimum Gasteiger partial charge on any atom is -0.450 e. The van der Waals surface area contributed by atoms with E-state index in [0.717, 1.165) is 17.1 Å². The van der Waals surface area contributed by atoms with Crippen LogP contribution in [0.25, 0.3) is 11.3 Å². The van der Waals surface area contributed by atoms with Gasteiger partial charge < -0.3 is 20.3 Å². The number of nitrogens with zero attached hydrogens (tertiary/aromatic N) is 3. The van der Waals surface area contributed by atoms with Crippen molar-refractivity contribution in [3.63, 3.8) is 0 Å². The van der Waals surface area contributed by atoms with Crippen molar-refractivity contribution in [3.8, 4) is 11.3 Å². The quantitative estimate of drug-likeness (QED) is 0.939. The number of rotatable bonds is 3. The molecule has 1 amide bonds. The van der Waals surface area contributed by atoms with E-state index in [-0.39, 0.29) is 6.09 Å². The van der Waals surface area contributed by atoms with E-state index in [2.05, 4.69) is 4.90 Å². The lowest BCUT2D eigenvalue weighted by molar-refractivity contribution is 0.105. The van der Waals surface area contributed by atoms with Gasteiger partial charge in [0.05, 0.1) is 18.0 Å². The van der Waals surface area contributed by atoms with Crippen molar-refractivity contribution in [1.82, 2.24) is 9.88 Å². The number of pyridine rings is 1. The van der Waals surface area contributed by atoms with Gasteiger partial charge in [0.15, 0.2) is 5.82 Å². The van der Waals surface area contributed by atoms with E-state index in [1.165, 1.54) is 0 Å². The molecule has 1 aromatic carbocycles. The van der Waals surface area contributed by atoms with Crippen molar-refractivity contribution in [1.29, 1.82) is 0 Å². The Labute approximate surface area is 141 Å². The van der Waals surface area contributed by atoms with E-state index >= 15 is 0 Å². The number of carbonyl (C=O) groups excluding carboxylic acids is 1. The van der Waals surface area contributed by atoms with E-state index in [1.54, 1.807) is 4.90 Å². The second-order valence-electron chi connectivity index (χ2n) is 5.65. The van der Waals surface area contributed by atoms with Crippen molar-refractivity contribution in [3.05, 3.63) is 42.5 Å². The third-order valence-electron chi connectivity index (χ3n) is 4.08. The Morgan fingerprint density at radius 2 is 1.83 bits per heavy atom. The summed E-state index contributed by atoms with van der Waals surface area (Å²) in [6, 6.07) is 13.8. The average molecular weight is 326 g/mol. The second kappa shape index (κ2) is 7.21. The highest BCUT2D eigenvalue weighted by Crippen LogP contribution is 2.26. The van der Waals surface area contributed by atoms with Gasteiger partial charge in [-0.3, -0.25) is 0 Å². The van der Waals surface area contributed by atoms with E-state index in [4.69, 9.17) is 15.5 Å². The summed E-state index contributed by atoms with van der Waals surface area (Å²) in [5, 5.41) is 0. The lowest BCUT2D eigenvalue weighted by atomic mass is 10.1. The number of benzene rings is 1. The summed E-state index contributed by atoms with van der Waals surface area (Å²) in [5.74, 6) is 0.778. The zero-order valence-corrected chi connectivity index (χ0v) is 13.8. The Kier molecular flexibility index (Phi) is 4.84. The molecule has 0 unspecified atom stereocenters. The van der Waals surface area contributed by atoms with E-state index in [9.17, 15) is 4.79 Å². The van der Waals surface area contributed by atoms with E-state index in [1.807, 2.05) is 49.4 Å². The number of ether oxygens (including phenoxy) is 1. The van der Waals surface area contributed by atoms with Crippen LogP contribution in [0, 0.1) is 0 Å². The number of piperazine rings is 1. The fraction of sp³-hybridized carbons (Fsp3) is 0.333. The zero-order valence-electron chi connectivity index (χ0n) is 13.8. The number of aromatic nitrogens is 1. The van der Waals surface area contributed by atoms with Gasteiger partial charge in [0, 0.05) is 31.7 Å². The molecule has 0 atom stereocenters. The molecule has 2 N–H and O–H groups in total. The summed E-state index contributed by atoms with van der Waals surface area (Å²) >= 11 is 0. The molecule has 0 radical (unpaired) electrons. The Morgan fingerprint density at radius 1 is 1.12 bits per heavy atom. The lowest BCUT2D eigenvalue weighted by Gasteiger charge is -2.35. The Morgan fingerprint density at radius 3 is 2.50 bits per heavy atom. The van der Waals surface area contributed by atoms with Gasteiger partial charge in [-0.05, 0) is 19.1 Å². The number of nitrogen functional groups attached to an aromatic ring is 1. The third kappa shape index (κ3) is 3.42. The number of carbonyl (C=O) groups is 1. The molecule has 0 spiro atoms. The smallest absolute Gasteiger partial charge is 0.409 e. The first-order chi connectivity index (χ1) is 11.7. The average Bonchev–Trinajstić information content (AvgIpc) is 2.63. The lowest BCUT2D eigenvalue weighted by Crippen LogP contribution is -2.49. The fourth-order valence-electron chi connectivity index (χ4n) is 2.80. The minimum absolute atomic E-state index is 0.254. The molecule has 6 heteroatoms. The first-order valence-electron chi connectivity index (χ1n) is 8.17. The first-order valence-corrected chi connectivity index (χ1v) is 8.17. The maximum atomic E-state index is 11.8. The summed E-state index contributed by atoms with van der Waals surface area (Å²) in [7, 11) is 0. The molecule has 1 aromatic heterocycles. The molecule has 24 heavy (non-hydrogen) atoms. The van der Waals surface area contributed by atoms with Gasteiger partial charge >= 0.3 is 6.09 Å². The van der Waals surface area contributed by atoms with Crippen LogP contribution >= 0.6 is 0 Å². The SMILES string of the molecule is CCOC(=O)N1CCN(c2nc(-c3ccccc3)ccc2N)CC1. The van der Waals surface area contributed by atoms with Crippen LogP contribution in [0.4, 0.5) is 16.3 Å². The molecule has 1 fully saturated rings. The van der Waals surface area contributed by atoms with Crippen LogP contribution in [-0.4, -0.2) is 48.8 Å². The molecule has 0 aliphatic carbocycles. The third-order valence-corrected chi connectivity index (χ3v) is 4.08. The van der Waals surface area contributed by atoms with Gasteiger partial charge in [-0.15, -0.1) is 0 Å². The Hall–Kier alpha value is -2.76.